The summed E-state index contributed by atoms with van der Waals surface area (Å²) in [6.45, 7) is 4.28. The van der Waals surface area contributed by atoms with Gasteiger partial charge in [0, 0.05) is 12.2 Å². The molecule has 1 aliphatic rings. The third-order valence-electron chi connectivity index (χ3n) is 3.47. The largest absolute Gasteiger partial charge is 0.368 e. The van der Waals surface area contributed by atoms with Crippen molar-refractivity contribution in [2.24, 2.45) is 0 Å². The molecule has 1 aromatic carbocycles. The number of anilines is 1. The molecule has 0 atom stereocenters. The summed E-state index contributed by atoms with van der Waals surface area (Å²) in [4.78, 5) is 13.7. The van der Waals surface area contributed by atoms with E-state index in [1.54, 1.807) is 17.0 Å². The van der Waals surface area contributed by atoms with Crippen LogP contribution in [-0.4, -0.2) is 38.3 Å². The summed E-state index contributed by atoms with van der Waals surface area (Å²) in [6.07, 6.45) is 2.00. The Morgan fingerprint density at radius 1 is 1.45 bits per heavy atom. The molecule has 1 saturated heterocycles. The molecular formula is C15H21FN2O2. The fourth-order valence-electron chi connectivity index (χ4n) is 2.38. The van der Waals surface area contributed by atoms with Crippen molar-refractivity contribution in [3.63, 3.8) is 0 Å². The predicted molar refractivity (Wildman–Crippen MR) is 76.3 cm³/mol. The molecule has 0 aromatic heterocycles. The van der Waals surface area contributed by atoms with E-state index in [4.69, 9.17) is 4.74 Å². The van der Waals surface area contributed by atoms with E-state index in [1.165, 1.54) is 12.1 Å². The minimum Gasteiger partial charge on any atom is -0.368 e. The first-order valence-corrected chi connectivity index (χ1v) is 7.09. The average Bonchev–Trinajstić information content (AvgIpc) is 2.47. The molecule has 0 bridgehead atoms. The maximum Gasteiger partial charge on any atom is 0.252 e. The van der Waals surface area contributed by atoms with Gasteiger partial charge in [-0.25, -0.2) is 4.39 Å². The summed E-state index contributed by atoms with van der Waals surface area (Å²) in [7, 11) is 0. The molecule has 5 heteroatoms. The van der Waals surface area contributed by atoms with Crippen molar-refractivity contribution in [1.82, 2.24) is 5.32 Å². The highest BCUT2D eigenvalue weighted by molar-refractivity contribution is 5.94. The first-order chi connectivity index (χ1) is 9.70. The summed E-state index contributed by atoms with van der Waals surface area (Å²) in [5.41, 5.74) is 0.575. The lowest BCUT2D eigenvalue weighted by Gasteiger charge is -2.25. The van der Waals surface area contributed by atoms with E-state index in [9.17, 15) is 9.18 Å². The molecule has 110 valence electrons. The normalized spacial score (nSPS) is 16.1. The summed E-state index contributed by atoms with van der Waals surface area (Å²) < 4.78 is 18.9. The number of likely N-dealkylation sites (N-methyl/N-ethyl adjacent to an activating group) is 1. The quantitative estimate of drug-likeness (QED) is 0.896. The highest BCUT2D eigenvalue weighted by atomic mass is 19.1. The van der Waals surface area contributed by atoms with E-state index in [0.29, 0.717) is 12.2 Å². The molecule has 20 heavy (non-hydrogen) atoms. The fourth-order valence-corrected chi connectivity index (χ4v) is 2.38. The number of carbonyl (C=O) groups excluding carboxylic acids is 1. The van der Waals surface area contributed by atoms with Gasteiger partial charge in [0.25, 0.3) is 5.91 Å². The number of ether oxygens (including phenoxy) is 1. The van der Waals surface area contributed by atoms with Crippen LogP contribution in [0.1, 0.15) is 19.8 Å². The standard InChI is InChI=1S/C15H21FN2O2/c1-2-18(13-5-3-4-12(16)10-13)15(19)11-20-14-6-8-17-9-7-14/h3-5,10,14,17H,2,6-9,11H2,1H3. The van der Waals surface area contributed by atoms with Gasteiger partial charge in [-0.15, -0.1) is 0 Å². The topological polar surface area (TPSA) is 41.6 Å². The second-order valence-corrected chi connectivity index (χ2v) is 4.88. The number of benzene rings is 1. The Bertz CT molecular complexity index is 447. The molecule has 1 aliphatic heterocycles. The molecule has 0 saturated carbocycles. The number of nitrogens with one attached hydrogen (secondary N) is 1. The van der Waals surface area contributed by atoms with Crippen LogP contribution in [-0.2, 0) is 9.53 Å². The average molecular weight is 280 g/mol. The first-order valence-electron chi connectivity index (χ1n) is 7.09. The van der Waals surface area contributed by atoms with E-state index in [1.807, 2.05) is 6.92 Å². The summed E-state index contributed by atoms with van der Waals surface area (Å²) in [6, 6.07) is 6.07. The molecule has 0 unspecified atom stereocenters. The van der Waals surface area contributed by atoms with Crippen LogP contribution in [0.15, 0.2) is 24.3 Å². The molecular weight excluding hydrogens is 259 g/mol. The van der Waals surface area contributed by atoms with Crippen LogP contribution in [0.25, 0.3) is 0 Å². The van der Waals surface area contributed by atoms with Crippen molar-refractivity contribution in [2.75, 3.05) is 31.1 Å². The lowest BCUT2D eigenvalue weighted by atomic mass is 10.1. The third kappa shape index (κ3) is 4.02. The number of amides is 1. The van der Waals surface area contributed by atoms with Gasteiger partial charge in [-0.2, -0.15) is 0 Å². The van der Waals surface area contributed by atoms with Crippen LogP contribution in [0.2, 0.25) is 0 Å². The Morgan fingerprint density at radius 3 is 2.85 bits per heavy atom. The Kier molecular flexibility index (Phi) is 5.49. The Labute approximate surface area is 118 Å². The molecule has 1 N–H and O–H groups in total. The molecule has 1 amide bonds. The number of hydrogen-bond acceptors (Lipinski definition) is 3. The number of carbonyl (C=O) groups is 1. The molecule has 2 rings (SSSR count). The minimum atomic E-state index is -0.340. The van der Waals surface area contributed by atoms with Crippen LogP contribution in [0, 0.1) is 5.82 Å². The number of hydrogen-bond donors (Lipinski definition) is 1. The maximum atomic E-state index is 13.2. The van der Waals surface area contributed by atoms with Gasteiger partial charge in [0.1, 0.15) is 12.4 Å². The summed E-state index contributed by atoms with van der Waals surface area (Å²) in [5, 5.41) is 3.25. The third-order valence-corrected chi connectivity index (χ3v) is 3.47. The zero-order chi connectivity index (χ0) is 14.4. The molecule has 1 fully saturated rings. The van der Waals surface area contributed by atoms with Crippen molar-refractivity contribution in [3.8, 4) is 0 Å². The van der Waals surface area contributed by atoms with E-state index in [2.05, 4.69) is 5.32 Å². The van der Waals surface area contributed by atoms with Gasteiger partial charge in [0.05, 0.1) is 6.10 Å². The Balaban J connectivity index is 1.91. The van der Waals surface area contributed by atoms with Gasteiger partial charge in [-0.05, 0) is 51.1 Å². The SMILES string of the molecule is CCN(C(=O)COC1CCNCC1)c1cccc(F)c1. The van der Waals surface area contributed by atoms with Crippen LogP contribution in [0.3, 0.4) is 0 Å². The van der Waals surface area contributed by atoms with Crippen molar-refractivity contribution in [2.45, 2.75) is 25.9 Å². The summed E-state index contributed by atoms with van der Waals surface area (Å²) in [5.74, 6) is -0.468. The molecule has 1 aromatic rings. The van der Waals surface area contributed by atoms with Gasteiger partial charge in [0.2, 0.25) is 0 Å². The lowest BCUT2D eigenvalue weighted by molar-refractivity contribution is -0.125. The van der Waals surface area contributed by atoms with Crippen LogP contribution in [0.5, 0.6) is 0 Å². The molecule has 0 aliphatic carbocycles. The number of halogens is 1. The number of rotatable bonds is 5. The van der Waals surface area contributed by atoms with Crippen LogP contribution < -0.4 is 10.2 Å². The Hall–Kier alpha value is -1.46. The van der Waals surface area contributed by atoms with Crippen molar-refractivity contribution < 1.29 is 13.9 Å². The molecule has 0 radical (unpaired) electrons. The van der Waals surface area contributed by atoms with Gasteiger partial charge in [0.15, 0.2) is 0 Å². The van der Waals surface area contributed by atoms with Gasteiger partial charge in [-0.3, -0.25) is 4.79 Å². The Morgan fingerprint density at radius 2 is 2.20 bits per heavy atom. The van der Waals surface area contributed by atoms with E-state index in [0.717, 1.165) is 25.9 Å². The van der Waals surface area contributed by atoms with Crippen molar-refractivity contribution in [3.05, 3.63) is 30.1 Å². The zero-order valence-electron chi connectivity index (χ0n) is 11.8. The second kappa shape index (κ2) is 7.36. The van der Waals surface area contributed by atoms with Crippen LogP contribution >= 0.6 is 0 Å². The summed E-state index contributed by atoms with van der Waals surface area (Å²) >= 11 is 0. The predicted octanol–water partition coefficient (Wildman–Crippen LogP) is 1.95. The first kappa shape index (κ1) is 14.9. The van der Waals surface area contributed by atoms with Gasteiger partial charge >= 0.3 is 0 Å². The van der Waals surface area contributed by atoms with E-state index < -0.39 is 0 Å². The van der Waals surface area contributed by atoms with E-state index >= 15 is 0 Å². The second-order valence-electron chi connectivity index (χ2n) is 4.88. The van der Waals surface area contributed by atoms with Crippen LogP contribution in [0.4, 0.5) is 10.1 Å². The monoisotopic (exact) mass is 280 g/mol. The maximum absolute atomic E-state index is 13.2. The molecule has 1 heterocycles. The number of piperidine rings is 1. The minimum absolute atomic E-state index is 0.0506. The van der Waals surface area contributed by atoms with E-state index in [-0.39, 0.29) is 24.4 Å². The van der Waals surface area contributed by atoms with Gasteiger partial charge < -0.3 is 15.0 Å². The highest BCUT2D eigenvalue weighted by Gasteiger charge is 2.18. The smallest absolute Gasteiger partial charge is 0.252 e. The molecule has 4 nitrogen and oxygen atoms in total. The number of nitrogens with zero attached hydrogens (tertiary/aromatic N) is 1. The fraction of sp³-hybridized carbons (Fsp3) is 0.533. The molecule has 0 spiro atoms. The zero-order valence-corrected chi connectivity index (χ0v) is 11.8. The van der Waals surface area contributed by atoms with Crippen molar-refractivity contribution >= 4 is 11.6 Å². The highest BCUT2D eigenvalue weighted by Crippen LogP contribution is 2.16. The van der Waals surface area contributed by atoms with Crippen molar-refractivity contribution in [1.29, 1.82) is 0 Å². The lowest BCUT2D eigenvalue weighted by Crippen LogP contribution is -2.38. The van der Waals surface area contributed by atoms with Gasteiger partial charge in [-0.1, -0.05) is 6.07 Å².